The van der Waals surface area contributed by atoms with E-state index in [-0.39, 0.29) is 11.2 Å². The van der Waals surface area contributed by atoms with Crippen LogP contribution in [0.3, 0.4) is 0 Å². The van der Waals surface area contributed by atoms with Crippen LogP contribution in [0.25, 0.3) is 0 Å². The minimum absolute atomic E-state index is 0.00605. The maximum Gasteiger partial charge on any atom is 0.185 e. The van der Waals surface area contributed by atoms with Crippen LogP contribution >= 0.6 is 11.8 Å². The van der Waals surface area contributed by atoms with Crippen molar-refractivity contribution in [3.8, 4) is 6.07 Å². The van der Waals surface area contributed by atoms with Crippen molar-refractivity contribution in [1.82, 2.24) is 4.98 Å². The number of thioether (sulfide) groups is 1. The van der Waals surface area contributed by atoms with Crippen LogP contribution in [-0.2, 0) is 11.8 Å². The quantitative estimate of drug-likeness (QED) is 0.458. The van der Waals surface area contributed by atoms with E-state index in [1.54, 1.807) is 12.1 Å². The Morgan fingerprint density at radius 3 is 2.75 bits per heavy atom. The van der Waals surface area contributed by atoms with Crippen molar-refractivity contribution in [3.05, 3.63) is 65.0 Å². The van der Waals surface area contributed by atoms with Gasteiger partial charge in [0.15, 0.2) is 11.0 Å². The molecule has 0 amide bonds. The Morgan fingerprint density at radius 2 is 2.11 bits per heavy atom. The Morgan fingerprint density at radius 1 is 1.32 bits per heavy atom. The molecule has 0 aliphatic heterocycles. The Labute approximate surface area is 170 Å². The van der Waals surface area contributed by atoms with Crippen LogP contribution in [0.4, 0.5) is 0 Å². The van der Waals surface area contributed by atoms with Gasteiger partial charge in [0.1, 0.15) is 11.8 Å². The number of Topliss-reactive ketones (excluding diaryl/α,β-unsaturated/α-hetero) is 1. The molecule has 144 valence electrons. The summed E-state index contributed by atoms with van der Waals surface area (Å²) in [6.45, 7) is 0.689. The molecule has 1 aliphatic rings. The molecule has 0 saturated heterocycles. The van der Waals surface area contributed by atoms with E-state index in [2.05, 4.69) is 22.1 Å². The molecule has 0 bridgehead atoms. The Hall–Kier alpha value is -2.65. The second kappa shape index (κ2) is 9.03. The number of hydrogen-bond donors (Lipinski definition) is 1. The van der Waals surface area contributed by atoms with Crippen molar-refractivity contribution in [2.24, 2.45) is 10.7 Å². The monoisotopic (exact) mass is 392 g/mol. The highest BCUT2D eigenvalue weighted by Gasteiger charge is 2.35. The second-order valence-electron chi connectivity index (χ2n) is 7.19. The number of amidine groups is 1. The summed E-state index contributed by atoms with van der Waals surface area (Å²) >= 11 is 1.47. The van der Waals surface area contributed by atoms with Crippen LogP contribution in [0.15, 0.2) is 47.6 Å². The molecule has 1 aromatic carbocycles. The average Bonchev–Trinajstić information content (AvgIpc) is 3.22. The van der Waals surface area contributed by atoms with Crippen molar-refractivity contribution in [2.75, 3.05) is 12.8 Å². The minimum Gasteiger partial charge on any atom is -0.379 e. The molecule has 1 fully saturated rings. The maximum atomic E-state index is 12.6. The molecule has 2 N–H and O–H groups in total. The summed E-state index contributed by atoms with van der Waals surface area (Å²) in [5, 5.41) is 9.48. The molecular formula is C22H24N4OS. The van der Waals surface area contributed by atoms with E-state index < -0.39 is 0 Å². The predicted octanol–water partition coefficient (Wildman–Crippen LogP) is 3.87. The first-order valence-electron chi connectivity index (χ1n) is 9.39. The van der Waals surface area contributed by atoms with Crippen LogP contribution in [-0.4, -0.2) is 28.7 Å². The number of aliphatic imine (C=N–C) groups is 1. The SMILES string of the molecule is CSC(N)=NCC1(c2cccc(CC(=O)c3ccc(C#N)cn3)c2)CCCC1. The number of ketones is 1. The fraction of sp³-hybridized carbons (Fsp3) is 0.364. The largest absolute Gasteiger partial charge is 0.379 e. The topological polar surface area (TPSA) is 92.1 Å². The summed E-state index contributed by atoms with van der Waals surface area (Å²) in [6, 6.07) is 13.5. The molecule has 1 aromatic heterocycles. The first kappa shape index (κ1) is 20.1. The van der Waals surface area contributed by atoms with E-state index in [4.69, 9.17) is 11.0 Å². The molecular weight excluding hydrogens is 368 g/mol. The molecule has 1 aliphatic carbocycles. The first-order valence-corrected chi connectivity index (χ1v) is 10.6. The van der Waals surface area contributed by atoms with Gasteiger partial charge in [0.2, 0.25) is 0 Å². The van der Waals surface area contributed by atoms with Crippen LogP contribution in [0, 0.1) is 11.3 Å². The lowest BCUT2D eigenvalue weighted by atomic mass is 9.78. The number of hydrogen-bond acceptors (Lipinski definition) is 5. The number of nitrogens with zero attached hydrogens (tertiary/aromatic N) is 3. The molecule has 28 heavy (non-hydrogen) atoms. The molecule has 1 heterocycles. The van der Waals surface area contributed by atoms with Crippen molar-refractivity contribution in [3.63, 3.8) is 0 Å². The summed E-state index contributed by atoms with van der Waals surface area (Å²) in [5.41, 5.74) is 8.96. The van der Waals surface area contributed by atoms with Gasteiger partial charge in [0.25, 0.3) is 0 Å². The third kappa shape index (κ3) is 4.60. The average molecular weight is 393 g/mol. The fourth-order valence-electron chi connectivity index (χ4n) is 3.80. The van der Waals surface area contributed by atoms with Gasteiger partial charge in [-0.05, 0) is 42.4 Å². The van der Waals surface area contributed by atoms with Gasteiger partial charge in [0, 0.05) is 18.0 Å². The van der Waals surface area contributed by atoms with Gasteiger partial charge in [-0.25, -0.2) is 0 Å². The summed E-state index contributed by atoms with van der Waals surface area (Å²) in [5.74, 6) is -0.0493. The van der Waals surface area contributed by atoms with Crippen molar-refractivity contribution in [1.29, 1.82) is 5.26 Å². The summed E-state index contributed by atoms with van der Waals surface area (Å²) < 4.78 is 0. The van der Waals surface area contributed by atoms with Crippen molar-refractivity contribution >= 4 is 22.7 Å². The van der Waals surface area contributed by atoms with Gasteiger partial charge in [-0.3, -0.25) is 14.8 Å². The standard InChI is InChI=1S/C22H24N4OS/c1-28-21(24)26-15-22(9-2-3-10-22)18-6-4-5-16(11-18)12-20(27)19-8-7-17(13-23)14-25-19/h4-8,11,14H,2-3,9-10,12,15H2,1H3,(H2,24,26). The highest BCUT2D eigenvalue weighted by molar-refractivity contribution is 8.13. The summed E-state index contributed by atoms with van der Waals surface area (Å²) in [4.78, 5) is 21.3. The van der Waals surface area contributed by atoms with Gasteiger partial charge in [-0.1, -0.05) is 48.9 Å². The zero-order valence-corrected chi connectivity index (χ0v) is 16.8. The number of pyridine rings is 1. The van der Waals surface area contributed by atoms with Crippen LogP contribution < -0.4 is 5.73 Å². The van der Waals surface area contributed by atoms with Gasteiger partial charge in [-0.2, -0.15) is 5.26 Å². The smallest absolute Gasteiger partial charge is 0.185 e. The third-order valence-electron chi connectivity index (χ3n) is 5.39. The molecule has 6 heteroatoms. The molecule has 0 unspecified atom stereocenters. The normalized spacial score (nSPS) is 15.9. The number of carbonyl (C=O) groups is 1. The number of carbonyl (C=O) groups excluding carboxylic acids is 1. The van der Waals surface area contributed by atoms with Crippen molar-refractivity contribution in [2.45, 2.75) is 37.5 Å². The number of aromatic nitrogens is 1. The minimum atomic E-state index is -0.0493. The zero-order valence-electron chi connectivity index (χ0n) is 16.0. The molecule has 3 rings (SSSR count). The Kier molecular flexibility index (Phi) is 6.48. The Balaban J connectivity index is 1.80. The highest BCUT2D eigenvalue weighted by Crippen LogP contribution is 2.41. The van der Waals surface area contributed by atoms with E-state index in [0.29, 0.717) is 29.4 Å². The van der Waals surface area contributed by atoms with Crippen molar-refractivity contribution < 1.29 is 4.79 Å². The first-order chi connectivity index (χ1) is 13.6. The lowest BCUT2D eigenvalue weighted by molar-refractivity contribution is 0.0988. The fourth-order valence-corrected chi connectivity index (χ4v) is 3.99. The van der Waals surface area contributed by atoms with E-state index in [0.717, 1.165) is 18.4 Å². The lowest BCUT2D eigenvalue weighted by Crippen LogP contribution is -2.27. The molecule has 0 spiro atoms. The molecule has 0 radical (unpaired) electrons. The number of rotatable bonds is 6. The third-order valence-corrected chi connectivity index (χ3v) is 5.94. The van der Waals surface area contributed by atoms with E-state index >= 15 is 0 Å². The van der Waals surface area contributed by atoms with E-state index in [1.807, 2.05) is 24.5 Å². The highest BCUT2D eigenvalue weighted by atomic mass is 32.2. The van der Waals surface area contributed by atoms with Gasteiger partial charge < -0.3 is 5.73 Å². The van der Waals surface area contributed by atoms with Crippen LogP contribution in [0.2, 0.25) is 0 Å². The lowest BCUT2D eigenvalue weighted by Gasteiger charge is -2.28. The maximum absolute atomic E-state index is 12.6. The van der Waals surface area contributed by atoms with E-state index in [9.17, 15) is 4.79 Å². The number of nitrogens with two attached hydrogens (primary N) is 1. The second-order valence-corrected chi connectivity index (χ2v) is 8.02. The van der Waals surface area contributed by atoms with Gasteiger partial charge in [-0.15, -0.1) is 0 Å². The molecule has 5 nitrogen and oxygen atoms in total. The van der Waals surface area contributed by atoms with Crippen LogP contribution in [0.5, 0.6) is 0 Å². The Bertz CT molecular complexity index is 909. The zero-order chi connectivity index (χ0) is 20.0. The number of nitriles is 1. The van der Waals surface area contributed by atoms with Crippen LogP contribution in [0.1, 0.15) is 52.9 Å². The summed E-state index contributed by atoms with van der Waals surface area (Å²) in [7, 11) is 0. The number of benzene rings is 1. The summed E-state index contributed by atoms with van der Waals surface area (Å²) in [6.07, 6.45) is 8.22. The predicted molar refractivity (Wildman–Crippen MR) is 114 cm³/mol. The molecule has 2 aromatic rings. The molecule has 1 saturated carbocycles. The van der Waals surface area contributed by atoms with Gasteiger partial charge >= 0.3 is 0 Å². The molecule has 0 atom stereocenters. The van der Waals surface area contributed by atoms with E-state index in [1.165, 1.54) is 36.4 Å². The van der Waals surface area contributed by atoms with Gasteiger partial charge in [0.05, 0.1) is 12.1 Å².